The largest absolute Gasteiger partial charge is 0.208 e. The van der Waals surface area contributed by atoms with Crippen LogP contribution in [0.1, 0.15) is 12.5 Å². The summed E-state index contributed by atoms with van der Waals surface area (Å²) >= 11 is 0. The first-order valence-electron chi connectivity index (χ1n) is 4.97. The minimum absolute atomic E-state index is 1.07. The molecule has 0 saturated carbocycles. The van der Waals surface area contributed by atoms with E-state index in [1.165, 1.54) is 0 Å². The van der Waals surface area contributed by atoms with Gasteiger partial charge in [-0.05, 0) is 18.1 Å². The third-order valence-electron chi connectivity index (χ3n) is 2.00. The molecule has 16 heavy (non-hydrogen) atoms. The molecule has 0 aliphatic heterocycles. The maximum Gasteiger partial charge on any atom is 0.141 e. The second kappa shape index (κ2) is 5.02. The first-order valence-corrected chi connectivity index (χ1v) is 4.97. The van der Waals surface area contributed by atoms with E-state index >= 15 is 0 Å². The molecule has 4 nitrogen and oxygen atoms in total. The lowest BCUT2D eigenvalue weighted by Gasteiger charge is -1.94. The highest BCUT2D eigenvalue weighted by Gasteiger charge is 1.88. The lowest BCUT2D eigenvalue weighted by atomic mass is 10.1. The molecule has 2 aromatic rings. The van der Waals surface area contributed by atoms with Gasteiger partial charge in [-0.25, -0.2) is 4.68 Å². The van der Waals surface area contributed by atoms with Crippen LogP contribution in [0.5, 0.6) is 0 Å². The molecule has 0 aliphatic carbocycles. The van der Waals surface area contributed by atoms with Crippen molar-refractivity contribution in [2.24, 2.45) is 5.10 Å². The van der Waals surface area contributed by atoms with Gasteiger partial charge < -0.3 is 0 Å². The van der Waals surface area contributed by atoms with Crippen LogP contribution in [0.3, 0.4) is 0 Å². The van der Waals surface area contributed by atoms with Crippen LogP contribution in [0.15, 0.2) is 53.7 Å². The van der Waals surface area contributed by atoms with Crippen LogP contribution in [0.2, 0.25) is 0 Å². The van der Waals surface area contributed by atoms with E-state index in [1.54, 1.807) is 23.5 Å². The number of aromatic nitrogens is 3. The van der Waals surface area contributed by atoms with Gasteiger partial charge in [-0.2, -0.15) is 5.10 Å². The minimum atomic E-state index is 1.07. The first kappa shape index (κ1) is 10.3. The zero-order valence-corrected chi connectivity index (χ0v) is 8.99. The van der Waals surface area contributed by atoms with Crippen molar-refractivity contribution in [2.45, 2.75) is 6.92 Å². The highest BCUT2D eigenvalue weighted by Crippen LogP contribution is 2.04. The molecule has 0 unspecified atom stereocenters. The summed E-state index contributed by atoms with van der Waals surface area (Å²) in [6.07, 6.45) is 6.93. The third-order valence-corrected chi connectivity index (χ3v) is 2.00. The summed E-state index contributed by atoms with van der Waals surface area (Å²) in [5.74, 6) is 0. The van der Waals surface area contributed by atoms with Gasteiger partial charge in [0.1, 0.15) is 12.7 Å². The lowest BCUT2D eigenvalue weighted by molar-refractivity contribution is 0.878. The summed E-state index contributed by atoms with van der Waals surface area (Å²) in [6.45, 7) is 2.00. The molecule has 2 rings (SSSR count). The van der Waals surface area contributed by atoms with Crippen molar-refractivity contribution in [3.8, 4) is 0 Å². The first-order chi connectivity index (χ1) is 7.84. The smallest absolute Gasteiger partial charge is 0.141 e. The highest BCUT2D eigenvalue weighted by molar-refractivity contribution is 5.84. The van der Waals surface area contributed by atoms with E-state index in [0.29, 0.717) is 0 Å². The molecule has 0 saturated heterocycles. The number of hydrogen-bond acceptors (Lipinski definition) is 3. The normalized spacial score (nSPS) is 12.2. The molecule has 4 heteroatoms. The fraction of sp³-hybridized carbons (Fsp3) is 0.0833. The van der Waals surface area contributed by atoms with Gasteiger partial charge in [0.15, 0.2) is 0 Å². The van der Waals surface area contributed by atoms with Gasteiger partial charge in [0.25, 0.3) is 0 Å². The average Bonchev–Trinajstić information content (AvgIpc) is 2.81. The van der Waals surface area contributed by atoms with E-state index in [0.717, 1.165) is 11.1 Å². The topological polar surface area (TPSA) is 43.1 Å². The number of nitrogens with zero attached hydrogens (tertiary/aromatic N) is 4. The fourth-order valence-corrected chi connectivity index (χ4v) is 1.26. The molecule has 1 aromatic heterocycles. The minimum Gasteiger partial charge on any atom is -0.208 e. The Morgan fingerprint density at radius 3 is 2.56 bits per heavy atom. The van der Waals surface area contributed by atoms with Crippen molar-refractivity contribution in [2.75, 3.05) is 0 Å². The predicted octanol–water partition coefficient (Wildman–Crippen LogP) is 2.22. The van der Waals surface area contributed by atoms with Gasteiger partial charge in [-0.1, -0.05) is 36.4 Å². The molecule has 0 aliphatic rings. The fourth-order valence-electron chi connectivity index (χ4n) is 1.26. The van der Waals surface area contributed by atoms with E-state index in [2.05, 4.69) is 33.5 Å². The van der Waals surface area contributed by atoms with Gasteiger partial charge in [0.2, 0.25) is 0 Å². The monoisotopic (exact) mass is 212 g/mol. The molecule has 1 aromatic carbocycles. The second-order valence-electron chi connectivity index (χ2n) is 3.39. The zero-order valence-electron chi connectivity index (χ0n) is 8.99. The quantitative estimate of drug-likeness (QED) is 0.732. The van der Waals surface area contributed by atoms with E-state index in [9.17, 15) is 0 Å². The second-order valence-corrected chi connectivity index (χ2v) is 3.39. The van der Waals surface area contributed by atoms with Crippen molar-refractivity contribution >= 4 is 12.3 Å². The Hall–Kier alpha value is -2.23. The number of rotatable bonds is 3. The van der Waals surface area contributed by atoms with Crippen LogP contribution in [0, 0.1) is 0 Å². The van der Waals surface area contributed by atoms with E-state index in [1.807, 2.05) is 25.1 Å². The van der Waals surface area contributed by atoms with Crippen LogP contribution in [-0.4, -0.2) is 21.1 Å². The Balaban J connectivity index is 2.09. The Bertz CT molecular complexity index is 483. The summed E-state index contributed by atoms with van der Waals surface area (Å²) in [5, 5.41) is 11.5. The molecule has 1 heterocycles. The molecule has 0 atom stereocenters. The summed E-state index contributed by atoms with van der Waals surface area (Å²) in [7, 11) is 0. The Kier molecular flexibility index (Phi) is 3.23. The molecule has 0 bridgehead atoms. The van der Waals surface area contributed by atoms with Gasteiger partial charge in [-0.15, -0.1) is 10.2 Å². The molecule has 80 valence electrons. The number of allylic oxidation sites excluding steroid dienone is 1. The van der Waals surface area contributed by atoms with Crippen LogP contribution < -0.4 is 0 Å². The lowest BCUT2D eigenvalue weighted by Crippen LogP contribution is -1.86. The number of hydrogen-bond donors (Lipinski definition) is 0. The number of benzene rings is 1. The summed E-state index contributed by atoms with van der Waals surface area (Å²) < 4.78 is 1.56. The van der Waals surface area contributed by atoms with Gasteiger partial charge >= 0.3 is 0 Å². The molecule has 0 fully saturated rings. The summed E-state index contributed by atoms with van der Waals surface area (Å²) in [4.78, 5) is 0. The standard InChI is InChI=1S/C12H12N4/c1-11(7-12-5-3-2-4-6-12)8-15-16-9-13-14-10-16/h2-10H,1H3/b11-7-,15-8-. The SMILES string of the molecule is CC(/C=N\n1cnnc1)=C/c1ccccc1. The average molecular weight is 212 g/mol. The highest BCUT2D eigenvalue weighted by atomic mass is 15.4. The summed E-state index contributed by atoms with van der Waals surface area (Å²) in [5.41, 5.74) is 2.23. The maximum atomic E-state index is 4.16. The van der Waals surface area contributed by atoms with Crippen LogP contribution in [-0.2, 0) is 0 Å². The molecule has 0 spiro atoms. The third kappa shape index (κ3) is 2.88. The molecular formula is C12H12N4. The van der Waals surface area contributed by atoms with Crippen LogP contribution >= 0.6 is 0 Å². The Labute approximate surface area is 94.0 Å². The van der Waals surface area contributed by atoms with E-state index < -0.39 is 0 Å². The van der Waals surface area contributed by atoms with Crippen molar-refractivity contribution in [1.82, 2.24) is 14.9 Å². The van der Waals surface area contributed by atoms with Gasteiger partial charge in [0.05, 0.1) is 6.21 Å². The Morgan fingerprint density at radius 1 is 1.19 bits per heavy atom. The van der Waals surface area contributed by atoms with Crippen molar-refractivity contribution in [1.29, 1.82) is 0 Å². The predicted molar refractivity (Wildman–Crippen MR) is 64.0 cm³/mol. The van der Waals surface area contributed by atoms with Crippen molar-refractivity contribution in [3.63, 3.8) is 0 Å². The van der Waals surface area contributed by atoms with Crippen LogP contribution in [0.25, 0.3) is 6.08 Å². The van der Waals surface area contributed by atoms with Gasteiger partial charge in [0, 0.05) is 0 Å². The van der Waals surface area contributed by atoms with Crippen LogP contribution in [0.4, 0.5) is 0 Å². The van der Waals surface area contributed by atoms with Crippen molar-refractivity contribution < 1.29 is 0 Å². The van der Waals surface area contributed by atoms with Gasteiger partial charge in [-0.3, -0.25) is 0 Å². The molecular weight excluding hydrogens is 200 g/mol. The molecule has 0 radical (unpaired) electrons. The summed E-state index contributed by atoms with van der Waals surface area (Å²) in [6, 6.07) is 10.1. The molecule has 0 N–H and O–H groups in total. The molecule has 0 amide bonds. The van der Waals surface area contributed by atoms with Crippen molar-refractivity contribution in [3.05, 3.63) is 54.1 Å². The van der Waals surface area contributed by atoms with E-state index in [-0.39, 0.29) is 0 Å². The zero-order chi connectivity index (χ0) is 11.2. The maximum absolute atomic E-state index is 4.16. The van der Waals surface area contributed by atoms with E-state index in [4.69, 9.17) is 0 Å². The Morgan fingerprint density at radius 2 is 1.88 bits per heavy atom.